The van der Waals surface area contributed by atoms with E-state index in [4.69, 9.17) is 4.42 Å². The minimum Gasteiger partial charge on any atom is -0.451 e. The molecule has 0 unspecified atom stereocenters. The highest BCUT2D eigenvalue weighted by atomic mass is 16.3. The highest BCUT2D eigenvalue weighted by Crippen LogP contribution is 2.43. The molecule has 1 fully saturated rings. The highest BCUT2D eigenvalue weighted by molar-refractivity contribution is 5.93. The molecule has 4 heteroatoms. The Morgan fingerprint density at radius 2 is 1.76 bits per heavy atom. The van der Waals surface area contributed by atoms with Crippen molar-refractivity contribution in [2.45, 2.75) is 24.7 Å². The van der Waals surface area contributed by atoms with Gasteiger partial charge in [0, 0.05) is 18.0 Å². The molecule has 1 N–H and O–H groups in total. The maximum absolute atomic E-state index is 12.5. The summed E-state index contributed by atoms with van der Waals surface area (Å²) in [4.78, 5) is 24.7. The molecule has 4 rings (SSSR count). The largest absolute Gasteiger partial charge is 0.451 e. The van der Waals surface area contributed by atoms with Gasteiger partial charge in [0.2, 0.25) is 0 Å². The van der Waals surface area contributed by atoms with E-state index in [1.54, 1.807) is 24.3 Å². The first-order valence-electron chi connectivity index (χ1n) is 8.55. The number of carbonyl (C=O) groups excluding carboxylic acids is 1. The molecule has 0 atom stereocenters. The van der Waals surface area contributed by atoms with Crippen LogP contribution >= 0.6 is 0 Å². The van der Waals surface area contributed by atoms with Gasteiger partial charge >= 0.3 is 0 Å². The zero-order valence-electron chi connectivity index (χ0n) is 13.8. The Labute approximate surface area is 145 Å². The van der Waals surface area contributed by atoms with Crippen molar-refractivity contribution in [3.05, 3.63) is 82.2 Å². The molecule has 1 heterocycles. The Balaban J connectivity index is 1.55. The number of para-hydroxylation sites is 1. The van der Waals surface area contributed by atoms with Crippen molar-refractivity contribution in [2.75, 3.05) is 6.54 Å². The van der Waals surface area contributed by atoms with Crippen LogP contribution in [0, 0.1) is 0 Å². The number of carbonyl (C=O) groups is 1. The van der Waals surface area contributed by atoms with Gasteiger partial charge in [0.1, 0.15) is 5.58 Å². The van der Waals surface area contributed by atoms with Crippen LogP contribution in [0.2, 0.25) is 0 Å². The summed E-state index contributed by atoms with van der Waals surface area (Å²) in [6.45, 7) is 0.548. The van der Waals surface area contributed by atoms with Gasteiger partial charge < -0.3 is 9.73 Å². The molecule has 1 amide bonds. The molecule has 2 aromatic carbocycles. The first-order valence-corrected chi connectivity index (χ1v) is 8.55. The molecule has 0 bridgehead atoms. The zero-order valence-corrected chi connectivity index (χ0v) is 13.8. The van der Waals surface area contributed by atoms with E-state index < -0.39 is 0 Å². The van der Waals surface area contributed by atoms with E-state index in [0.29, 0.717) is 17.5 Å². The fraction of sp³-hybridized carbons (Fsp3) is 0.238. The molecule has 0 spiro atoms. The molecule has 0 saturated heterocycles. The molecular formula is C21H19NO3. The fourth-order valence-corrected chi connectivity index (χ4v) is 3.52. The zero-order chi connectivity index (χ0) is 17.3. The number of benzene rings is 2. The lowest BCUT2D eigenvalue weighted by molar-refractivity contribution is 0.0900. The van der Waals surface area contributed by atoms with Gasteiger partial charge in [-0.3, -0.25) is 9.59 Å². The molecule has 1 aliphatic carbocycles. The van der Waals surface area contributed by atoms with Crippen molar-refractivity contribution in [1.29, 1.82) is 0 Å². The standard InChI is InChI=1S/C21H19NO3/c23-17-13-19(25-18-10-5-4-9-16(17)18)20(24)22-14-21(11-6-12-21)15-7-2-1-3-8-15/h1-5,7-10,13H,6,11-12,14H2,(H,22,24). The second-order valence-corrected chi connectivity index (χ2v) is 6.65. The lowest BCUT2D eigenvalue weighted by Crippen LogP contribution is -2.45. The van der Waals surface area contributed by atoms with Crippen molar-refractivity contribution in [3.8, 4) is 0 Å². The quantitative estimate of drug-likeness (QED) is 0.793. The average molecular weight is 333 g/mol. The first kappa shape index (κ1) is 15.6. The summed E-state index contributed by atoms with van der Waals surface area (Å²) < 4.78 is 5.61. The van der Waals surface area contributed by atoms with E-state index >= 15 is 0 Å². The van der Waals surface area contributed by atoms with E-state index in [0.717, 1.165) is 19.3 Å². The third-order valence-electron chi connectivity index (χ3n) is 5.14. The third kappa shape index (κ3) is 2.84. The molecule has 0 aliphatic heterocycles. The molecule has 126 valence electrons. The van der Waals surface area contributed by atoms with Gasteiger partial charge in [-0.2, -0.15) is 0 Å². The topological polar surface area (TPSA) is 59.3 Å². The fourth-order valence-electron chi connectivity index (χ4n) is 3.52. The van der Waals surface area contributed by atoms with E-state index in [1.165, 1.54) is 11.6 Å². The van der Waals surface area contributed by atoms with Gasteiger partial charge in [-0.05, 0) is 30.5 Å². The summed E-state index contributed by atoms with van der Waals surface area (Å²) in [5, 5.41) is 3.45. The number of nitrogens with one attached hydrogen (secondary N) is 1. The van der Waals surface area contributed by atoms with Gasteiger partial charge in [-0.1, -0.05) is 48.9 Å². The summed E-state index contributed by atoms with van der Waals surface area (Å²) in [6, 6.07) is 18.5. The number of rotatable bonds is 4. The van der Waals surface area contributed by atoms with Gasteiger partial charge in [-0.25, -0.2) is 0 Å². The van der Waals surface area contributed by atoms with Crippen molar-refractivity contribution in [2.24, 2.45) is 0 Å². The van der Waals surface area contributed by atoms with Crippen molar-refractivity contribution in [3.63, 3.8) is 0 Å². The van der Waals surface area contributed by atoms with Gasteiger partial charge in [0.15, 0.2) is 11.2 Å². The molecule has 4 nitrogen and oxygen atoms in total. The smallest absolute Gasteiger partial charge is 0.287 e. The minimum atomic E-state index is -0.343. The molecule has 3 aromatic rings. The number of hydrogen-bond donors (Lipinski definition) is 1. The van der Waals surface area contributed by atoms with Crippen LogP contribution in [0.5, 0.6) is 0 Å². The number of amides is 1. The summed E-state index contributed by atoms with van der Waals surface area (Å²) in [6.07, 6.45) is 3.27. The van der Waals surface area contributed by atoms with E-state index in [9.17, 15) is 9.59 Å². The third-order valence-corrected chi connectivity index (χ3v) is 5.14. The molecule has 1 aliphatic rings. The van der Waals surface area contributed by atoms with Gasteiger partial charge in [0.05, 0.1) is 5.39 Å². The van der Waals surface area contributed by atoms with Gasteiger partial charge in [0.25, 0.3) is 5.91 Å². The molecule has 0 radical (unpaired) electrons. The Bertz CT molecular complexity index is 971. The second kappa shape index (κ2) is 6.20. The van der Waals surface area contributed by atoms with Crippen LogP contribution in [-0.4, -0.2) is 12.5 Å². The van der Waals surface area contributed by atoms with Crippen LogP contribution in [0.15, 0.2) is 69.9 Å². The average Bonchev–Trinajstić information content (AvgIpc) is 2.61. The number of hydrogen-bond acceptors (Lipinski definition) is 3. The van der Waals surface area contributed by atoms with E-state index in [2.05, 4.69) is 17.4 Å². The molecule has 1 saturated carbocycles. The normalized spacial score (nSPS) is 15.5. The highest BCUT2D eigenvalue weighted by Gasteiger charge is 2.38. The predicted molar refractivity (Wildman–Crippen MR) is 96.8 cm³/mol. The van der Waals surface area contributed by atoms with Crippen LogP contribution in [0.4, 0.5) is 0 Å². The maximum atomic E-state index is 12.5. The second-order valence-electron chi connectivity index (χ2n) is 6.65. The van der Waals surface area contributed by atoms with Crippen molar-refractivity contribution < 1.29 is 9.21 Å². The van der Waals surface area contributed by atoms with Crippen LogP contribution in [-0.2, 0) is 5.41 Å². The maximum Gasteiger partial charge on any atom is 0.287 e. The summed E-state index contributed by atoms with van der Waals surface area (Å²) in [5.74, 6) is -0.281. The van der Waals surface area contributed by atoms with E-state index in [-0.39, 0.29) is 22.5 Å². The molecule has 1 aromatic heterocycles. The summed E-state index contributed by atoms with van der Waals surface area (Å²) in [5.41, 5.74) is 1.48. The SMILES string of the molecule is O=C(NCC1(c2ccccc2)CCC1)c1cc(=O)c2ccccc2o1. The monoisotopic (exact) mass is 333 g/mol. The van der Waals surface area contributed by atoms with Gasteiger partial charge in [-0.15, -0.1) is 0 Å². The minimum absolute atomic E-state index is 0.00589. The molecule has 25 heavy (non-hydrogen) atoms. The van der Waals surface area contributed by atoms with E-state index in [1.807, 2.05) is 18.2 Å². The molecular weight excluding hydrogens is 314 g/mol. The predicted octanol–water partition coefficient (Wildman–Crippen LogP) is 3.64. The van der Waals surface area contributed by atoms with Crippen LogP contribution < -0.4 is 10.7 Å². The Morgan fingerprint density at radius 1 is 1.04 bits per heavy atom. The van der Waals surface area contributed by atoms with Crippen LogP contribution in [0.3, 0.4) is 0 Å². The van der Waals surface area contributed by atoms with Crippen molar-refractivity contribution in [1.82, 2.24) is 5.32 Å². The summed E-state index contributed by atoms with van der Waals surface area (Å²) >= 11 is 0. The summed E-state index contributed by atoms with van der Waals surface area (Å²) in [7, 11) is 0. The van der Waals surface area contributed by atoms with Crippen molar-refractivity contribution >= 4 is 16.9 Å². The van der Waals surface area contributed by atoms with Crippen LogP contribution in [0.25, 0.3) is 11.0 Å². The van der Waals surface area contributed by atoms with Crippen LogP contribution in [0.1, 0.15) is 35.4 Å². The lowest BCUT2D eigenvalue weighted by atomic mass is 9.64. The Kier molecular flexibility index (Phi) is 3.88. The lowest BCUT2D eigenvalue weighted by Gasteiger charge is -2.42. The first-order chi connectivity index (χ1) is 12.2. The Hall–Kier alpha value is -2.88. The number of fused-ring (bicyclic) bond motifs is 1. The Morgan fingerprint density at radius 3 is 2.48 bits per heavy atom.